The summed E-state index contributed by atoms with van der Waals surface area (Å²) in [6, 6.07) is 7.25. The lowest BCUT2D eigenvalue weighted by atomic mass is 10.2. The van der Waals surface area contributed by atoms with Crippen LogP contribution < -0.4 is 4.90 Å². The second-order valence-corrected chi connectivity index (χ2v) is 5.10. The van der Waals surface area contributed by atoms with Gasteiger partial charge in [-0.3, -0.25) is 15.1 Å². The highest BCUT2D eigenvalue weighted by Gasteiger charge is 2.13. The van der Waals surface area contributed by atoms with E-state index in [0.29, 0.717) is 10.3 Å². The molecule has 2 aromatic rings. The lowest BCUT2D eigenvalue weighted by Gasteiger charge is -2.18. The zero-order valence-corrected chi connectivity index (χ0v) is 12.4. The van der Waals surface area contributed by atoms with Gasteiger partial charge < -0.3 is 4.90 Å². The monoisotopic (exact) mass is 336 g/mol. The average molecular weight is 337 g/mol. The maximum Gasteiger partial charge on any atom is 0.288 e. The molecule has 0 atom stereocenters. The summed E-state index contributed by atoms with van der Waals surface area (Å²) < 4.78 is 0.607. The number of hydrogen-bond donors (Lipinski definition) is 0. The van der Waals surface area contributed by atoms with Crippen molar-refractivity contribution in [3.63, 3.8) is 0 Å². The van der Waals surface area contributed by atoms with Crippen molar-refractivity contribution in [2.24, 2.45) is 0 Å². The Balaban J connectivity index is 2.06. The third-order valence-corrected chi connectivity index (χ3v) is 3.39. The second-order valence-electron chi connectivity index (χ2n) is 4.25. The molecule has 0 aliphatic heterocycles. The van der Waals surface area contributed by atoms with Crippen LogP contribution in [0.5, 0.6) is 0 Å². The Labute approximate surface area is 124 Å². The number of aromatic nitrogens is 2. The van der Waals surface area contributed by atoms with Gasteiger partial charge in [0.15, 0.2) is 0 Å². The zero-order valence-electron chi connectivity index (χ0n) is 10.9. The molecule has 0 amide bonds. The van der Waals surface area contributed by atoms with Gasteiger partial charge in [-0.2, -0.15) is 0 Å². The van der Waals surface area contributed by atoms with Crippen LogP contribution in [-0.2, 0) is 6.42 Å². The summed E-state index contributed by atoms with van der Waals surface area (Å²) in [5.74, 6) is 0.673. The first-order valence-electron chi connectivity index (χ1n) is 5.99. The van der Waals surface area contributed by atoms with Crippen LogP contribution in [0.1, 0.15) is 5.69 Å². The number of pyridine rings is 2. The van der Waals surface area contributed by atoms with Gasteiger partial charge >= 0.3 is 0 Å². The standard InChI is InChI=1S/C13H13BrN4O2/c1-17(7-5-10-4-2-3-6-15-10)13-12(14)8-11(9-16-13)18(19)20/h2-4,6,8-9H,5,7H2,1H3. The Bertz CT molecular complexity index is 607. The number of anilines is 1. The van der Waals surface area contributed by atoms with Gasteiger partial charge in [-0.25, -0.2) is 4.98 Å². The lowest BCUT2D eigenvalue weighted by Crippen LogP contribution is -2.22. The van der Waals surface area contributed by atoms with Gasteiger partial charge in [-0.05, 0) is 28.1 Å². The van der Waals surface area contributed by atoms with E-state index >= 15 is 0 Å². The first-order valence-corrected chi connectivity index (χ1v) is 6.78. The molecule has 0 aliphatic carbocycles. The van der Waals surface area contributed by atoms with Gasteiger partial charge in [0.1, 0.15) is 12.0 Å². The normalized spacial score (nSPS) is 10.3. The Morgan fingerprint density at radius 1 is 1.40 bits per heavy atom. The summed E-state index contributed by atoms with van der Waals surface area (Å²) in [7, 11) is 1.89. The van der Waals surface area contributed by atoms with E-state index in [4.69, 9.17) is 0 Å². The van der Waals surface area contributed by atoms with E-state index in [9.17, 15) is 10.1 Å². The number of nitrogens with zero attached hydrogens (tertiary/aromatic N) is 4. The Morgan fingerprint density at radius 3 is 2.80 bits per heavy atom. The highest BCUT2D eigenvalue weighted by Crippen LogP contribution is 2.26. The third kappa shape index (κ3) is 3.51. The molecular formula is C13H13BrN4O2. The number of halogens is 1. The predicted molar refractivity (Wildman–Crippen MR) is 79.8 cm³/mol. The van der Waals surface area contributed by atoms with Crippen LogP contribution in [0.4, 0.5) is 11.5 Å². The van der Waals surface area contributed by atoms with Gasteiger partial charge in [0.05, 0.1) is 9.40 Å². The molecule has 20 heavy (non-hydrogen) atoms. The van der Waals surface area contributed by atoms with E-state index in [1.807, 2.05) is 30.1 Å². The topological polar surface area (TPSA) is 72.2 Å². The Hall–Kier alpha value is -2.02. The van der Waals surface area contributed by atoms with E-state index in [0.717, 1.165) is 18.7 Å². The Morgan fingerprint density at radius 2 is 2.20 bits per heavy atom. The molecule has 0 fully saturated rings. The van der Waals surface area contributed by atoms with Gasteiger partial charge in [0.25, 0.3) is 5.69 Å². The molecule has 0 unspecified atom stereocenters. The first-order chi connectivity index (χ1) is 9.58. The van der Waals surface area contributed by atoms with Gasteiger partial charge in [0, 0.05) is 38.0 Å². The number of hydrogen-bond acceptors (Lipinski definition) is 5. The molecule has 0 saturated carbocycles. The van der Waals surface area contributed by atoms with Crippen molar-refractivity contribution in [1.82, 2.24) is 9.97 Å². The van der Waals surface area contributed by atoms with Gasteiger partial charge in [-0.15, -0.1) is 0 Å². The van der Waals surface area contributed by atoms with Crippen LogP contribution in [0.15, 0.2) is 41.1 Å². The van der Waals surface area contributed by atoms with E-state index in [1.54, 1.807) is 6.20 Å². The van der Waals surface area contributed by atoms with Crippen molar-refractivity contribution in [2.45, 2.75) is 6.42 Å². The van der Waals surface area contributed by atoms with Crippen LogP contribution >= 0.6 is 15.9 Å². The highest BCUT2D eigenvalue weighted by atomic mass is 79.9. The molecule has 2 aromatic heterocycles. The van der Waals surface area contributed by atoms with Crippen molar-refractivity contribution in [3.8, 4) is 0 Å². The summed E-state index contributed by atoms with van der Waals surface area (Å²) in [6.07, 6.45) is 3.80. The maximum absolute atomic E-state index is 10.7. The molecule has 0 aromatic carbocycles. The molecule has 104 valence electrons. The molecule has 6 nitrogen and oxygen atoms in total. The summed E-state index contributed by atoms with van der Waals surface area (Å²) in [4.78, 5) is 20.5. The van der Waals surface area contributed by atoms with Crippen molar-refractivity contribution in [2.75, 3.05) is 18.5 Å². The fourth-order valence-electron chi connectivity index (χ4n) is 1.74. The van der Waals surface area contributed by atoms with Crippen LogP contribution in [-0.4, -0.2) is 28.5 Å². The number of rotatable bonds is 5. The smallest absolute Gasteiger partial charge is 0.288 e. The fraction of sp³-hybridized carbons (Fsp3) is 0.231. The van der Waals surface area contributed by atoms with Crippen molar-refractivity contribution in [1.29, 1.82) is 0 Å². The van der Waals surface area contributed by atoms with Crippen molar-refractivity contribution in [3.05, 3.63) is 56.9 Å². The largest absolute Gasteiger partial charge is 0.358 e. The minimum Gasteiger partial charge on any atom is -0.358 e. The SMILES string of the molecule is CN(CCc1ccccn1)c1ncc([N+](=O)[O-])cc1Br. The summed E-state index contributed by atoms with van der Waals surface area (Å²) in [5, 5.41) is 10.7. The summed E-state index contributed by atoms with van der Waals surface area (Å²) in [5.41, 5.74) is 0.969. The van der Waals surface area contributed by atoms with E-state index < -0.39 is 4.92 Å². The van der Waals surface area contributed by atoms with Crippen LogP contribution in [0.2, 0.25) is 0 Å². The minimum absolute atomic E-state index is 0.0289. The first kappa shape index (κ1) is 14.4. The van der Waals surface area contributed by atoms with Crippen LogP contribution in [0.25, 0.3) is 0 Å². The minimum atomic E-state index is -0.463. The summed E-state index contributed by atoms with van der Waals surface area (Å²) >= 11 is 3.32. The van der Waals surface area contributed by atoms with Crippen LogP contribution in [0, 0.1) is 10.1 Å². The lowest BCUT2D eigenvalue weighted by molar-refractivity contribution is -0.385. The highest BCUT2D eigenvalue weighted by molar-refractivity contribution is 9.10. The molecule has 0 aliphatic rings. The third-order valence-electron chi connectivity index (χ3n) is 2.81. The van der Waals surface area contributed by atoms with Crippen molar-refractivity contribution < 1.29 is 4.92 Å². The molecule has 0 N–H and O–H groups in total. The van der Waals surface area contributed by atoms with E-state index in [-0.39, 0.29) is 5.69 Å². The zero-order chi connectivity index (χ0) is 14.5. The molecular weight excluding hydrogens is 324 g/mol. The fourth-order valence-corrected chi connectivity index (χ4v) is 2.38. The molecule has 2 rings (SSSR count). The molecule has 2 heterocycles. The average Bonchev–Trinajstić information content (AvgIpc) is 2.45. The molecule has 0 spiro atoms. The second kappa shape index (κ2) is 6.42. The van der Waals surface area contributed by atoms with Crippen LogP contribution in [0.3, 0.4) is 0 Å². The Kier molecular flexibility index (Phi) is 4.62. The summed E-state index contributed by atoms with van der Waals surface area (Å²) in [6.45, 7) is 0.723. The van der Waals surface area contributed by atoms with Gasteiger partial charge in [0.2, 0.25) is 0 Å². The van der Waals surface area contributed by atoms with E-state index in [2.05, 4.69) is 25.9 Å². The molecule has 0 bridgehead atoms. The molecule has 0 radical (unpaired) electrons. The molecule has 7 heteroatoms. The number of nitro groups is 1. The predicted octanol–water partition coefficient (Wildman–Crippen LogP) is 2.83. The molecule has 0 saturated heterocycles. The quantitative estimate of drug-likeness (QED) is 0.620. The van der Waals surface area contributed by atoms with Gasteiger partial charge in [-0.1, -0.05) is 6.07 Å². The van der Waals surface area contributed by atoms with E-state index in [1.165, 1.54) is 12.3 Å². The number of likely N-dealkylation sites (N-methyl/N-ethyl adjacent to an activating group) is 1. The van der Waals surface area contributed by atoms with Crippen molar-refractivity contribution >= 4 is 27.4 Å². The maximum atomic E-state index is 10.7.